The summed E-state index contributed by atoms with van der Waals surface area (Å²) in [4.78, 5) is 25.2. The lowest BCUT2D eigenvalue weighted by Crippen LogP contribution is -2.08. The number of aromatic nitrogens is 1. The molecular formula is C17H16FNO3. The number of H-pyrrole nitrogens is 1. The molecule has 1 aromatic carbocycles. The third kappa shape index (κ3) is 3.31. The fourth-order valence-electron chi connectivity index (χ4n) is 2.17. The molecular weight excluding hydrogens is 285 g/mol. The lowest BCUT2D eigenvalue weighted by Gasteiger charge is -2.10. The summed E-state index contributed by atoms with van der Waals surface area (Å²) in [5.41, 5.74) is 1.34. The quantitative estimate of drug-likeness (QED) is 0.909. The monoisotopic (exact) mass is 301 g/mol. The minimum atomic E-state index is -1.02. The highest BCUT2D eigenvalue weighted by Gasteiger charge is 2.16. The van der Waals surface area contributed by atoms with Gasteiger partial charge in [-0.15, -0.1) is 0 Å². The lowest BCUT2D eigenvalue weighted by atomic mass is 9.97. The van der Waals surface area contributed by atoms with Crippen molar-refractivity contribution < 1.29 is 14.3 Å². The van der Waals surface area contributed by atoms with E-state index in [0.29, 0.717) is 16.8 Å². The number of rotatable bonds is 4. The standard InChI is InChI=1S/C17H16FNO3/c1-3-4-13-7-12(9-16(20)19-13)14-6-5-11(8-15(14)18)10(2)17(21)22/h3-10H,1-2H3,(H,19,20)(H,21,22)/b4-3+. The maximum absolute atomic E-state index is 14.3. The molecule has 1 unspecified atom stereocenters. The molecule has 2 N–H and O–H groups in total. The van der Waals surface area contributed by atoms with Crippen LogP contribution >= 0.6 is 0 Å². The highest BCUT2D eigenvalue weighted by atomic mass is 19.1. The molecule has 0 aliphatic rings. The number of pyridine rings is 1. The van der Waals surface area contributed by atoms with Crippen LogP contribution in [0.2, 0.25) is 0 Å². The van der Waals surface area contributed by atoms with E-state index in [1.165, 1.54) is 25.1 Å². The first-order valence-corrected chi connectivity index (χ1v) is 6.82. The molecule has 0 spiro atoms. The number of carboxylic acids is 1. The van der Waals surface area contributed by atoms with Crippen molar-refractivity contribution in [1.82, 2.24) is 4.98 Å². The van der Waals surface area contributed by atoms with Crippen molar-refractivity contribution >= 4 is 12.0 Å². The number of allylic oxidation sites excluding steroid dienone is 1. The summed E-state index contributed by atoms with van der Waals surface area (Å²) in [5.74, 6) is -2.36. The lowest BCUT2D eigenvalue weighted by molar-refractivity contribution is -0.138. The van der Waals surface area contributed by atoms with E-state index in [2.05, 4.69) is 4.98 Å². The van der Waals surface area contributed by atoms with Gasteiger partial charge in [-0.25, -0.2) is 4.39 Å². The van der Waals surface area contributed by atoms with Gasteiger partial charge in [-0.05, 0) is 43.2 Å². The molecule has 0 saturated carbocycles. The number of hydrogen-bond donors (Lipinski definition) is 2. The number of benzene rings is 1. The maximum atomic E-state index is 14.3. The number of carbonyl (C=O) groups is 1. The smallest absolute Gasteiger partial charge is 0.310 e. The SMILES string of the molecule is C/C=C/c1cc(-c2ccc(C(C)C(=O)O)cc2F)cc(=O)[nH]1. The minimum absolute atomic E-state index is 0.262. The second kappa shape index (κ2) is 6.39. The van der Waals surface area contributed by atoms with Gasteiger partial charge in [-0.2, -0.15) is 0 Å². The topological polar surface area (TPSA) is 70.2 Å². The fourth-order valence-corrected chi connectivity index (χ4v) is 2.17. The van der Waals surface area contributed by atoms with Crippen LogP contribution in [0.15, 0.2) is 41.2 Å². The molecule has 2 rings (SSSR count). The van der Waals surface area contributed by atoms with Crippen molar-refractivity contribution in [2.24, 2.45) is 0 Å². The van der Waals surface area contributed by atoms with Crippen LogP contribution in [0.25, 0.3) is 17.2 Å². The van der Waals surface area contributed by atoms with Gasteiger partial charge in [0.25, 0.3) is 0 Å². The molecule has 0 amide bonds. The summed E-state index contributed by atoms with van der Waals surface area (Å²) < 4.78 is 14.3. The number of hydrogen-bond acceptors (Lipinski definition) is 2. The molecule has 1 atom stereocenters. The Kier molecular flexibility index (Phi) is 4.56. The third-order valence-electron chi connectivity index (χ3n) is 3.39. The van der Waals surface area contributed by atoms with E-state index in [-0.39, 0.29) is 11.1 Å². The fraction of sp³-hybridized carbons (Fsp3) is 0.176. The zero-order valence-corrected chi connectivity index (χ0v) is 12.3. The summed E-state index contributed by atoms with van der Waals surface area (Å²) >= 11 is 0. The van der Waals surface area contributed by atoms with Gasteiger partial charge in [-0.1, -0.05) is 18.2 Å². The van der Waals surface area contributed by atoms with Crippen molar-refractivity contribution in [2.45, 2.75) is 19.8 Å². The van der Waals surface area contributed by atoms with Gasteiger partial charge in [0, 0.05) is 17.3 Å². The molecule has 2 aromatic rings. The summed E-state index contributed by atoms with van der Waals surface area (Å²) in [6.07, 6.45) is 3.48. The first-order chi connectivity index (χ1) is 10.4. The van der Waals surface area contributed by atoms with Crippen molar-refractivity contribution in [3.63, 3.8) is 0 Å². The Morgan fingerprint density at radius 2 is 2.05 bits per heavy atom. The number of nitrogens with one attached hydrogen (secondary N) is 1. The zero-order valence-electron chi connectivity index (χ0n) is 12.3. The Morgan fingerprint density at radius 3 is 2.64 bits per heavy atom. The Labute approximate surface area is 126 Å². The van der Waals surface area contributed by atoms with Gasteiger partial charge in [0.1, 0.15) is 5.82 Å². The van der Waals surface area contributed by atoms with Crippen molar-refractivity contribution in [3.05, 3.63) is 63.8 Å². The number of halogens is 1. The van der Waals surface area contributed by atoms with Crippen molar-refractivity contribution in [3.8, 4) is 11.1 Å². The number of aromatic amines is 1. The summed E-state index contributed by atoms with van der Waals surface area (Å²) in [5, 5.41) is 8.97. The summed E-state index contributed by atoms with van der Waals surface area (Å²) in [7, 11) is 0. The molecule has 0 aliphatic carbocycles. The van der Waals surface area contributed by atoms with Crippen LogP contribution in [0.3, 0.4) is 0 Å². The summed E-state index contributed by atoms with van der Waals surface area (Å²) in [6, 6.07) is 7.24. The predicted molar refractivity (Wildman–Crippen MR) is 83.2 cm³/mol. The average molecular weight is 301 g/mol. The molecule has 0 radical (unpaired) electrons. The Hall–Kier alpha value is -2.69. The van der Waals surface area contributed by atoms with E-state index >= 15 is 0 Å². The molecule has 0 saturated heterocycles. The van der Waals surface area contributed by atoms with Crippen LogP contribution in [-0.2, 0) is 4.79 Å². The van der Waals surface area contributed by atoms with Gasteiger partial charge >= 0.3 is 5.97 Å². The largest absolute Gasteiger partial charge is 0.481 e. The van der Waals surface area contributed by atoms with Gasteiger partial charge in [-0.3, -0.25) is 9.59 Å². The highest BCUT2D eigenvalue weighted by molar-refractivity contribution is 5.76. The summed E-state index contributed by atoms with van der Waals surface area (Å²) in [6.45, 7) is 3.31. The molecule has 1 heterocycles. The van der Waals surface area contributed by atoms with E-state index in [1.807, 2.05) is 6.92 Å². The number of carboxylic acid groups (broad SMARTS) is 1. The first-order valence-electron chi connectivity index (χ1n) is 6.82. The van der Waals surface area contributed by atoms with E-state index < -0.39 is 17.7 Å². The van der Waals surface area contributed by atoms with E-state index in [9.17, 15) is 14.0 Å². The molecule has 1 aromatic heterocycles. The van der Waals surface area contributed by atoms with Crippen molar-refractivity contribution in [1.29, 1.82) is 0 Å². The van der Waals surface area contributed by atoms with E-state index in [0.717, 1.165) is 0 Å². The number of aliphatic carboxylic acids is 1. The molecule has 0 aliphatic heterocycles. The molecule has 4 nitrogen and oxygen atoms in total. The Balaban J connectivity index is 2.50. The van der Waals surface area contributed by atoms with Gasteiger partial charge in [0.15, 0.2) is 0 Å². The van der Waals surface area contributed by atoms with Crippen molar-refractivity contribution in [2.75, 3.05) is 0 Å². The molecule has 114 valence electrons. The minimum Gasteiger partial charge on any atom is -0.481 e. The van der Waals surface area contributed by atoms with E-state index in [1.54, 1.807) is 24.3 Å². The van der Waals surface area contributed by atoms with Crippen LogP contribution in [-0.4, -0.2) is 16.1 Å². The predicted octanol–water partition coefficient (Wildman–Crippen LogP) is 3.40. The zero-order chi connectivity index (χ0) is 16.3. The Morgan fingerprint density at radius 1 is 1.32 bits per heavy atom. The van der Waals surface area contributed by atoms with Gasteiger partial charge in [0.05, 0.1) is 5.92 Å². The molecule has 5 heteroatoms. The van der Waals surface area contributed by atoms with Crippen LogP contribution in [0.1, 0.15) is 31.0 Å². The Bertz CT molecular complexity index is 793. The van der Waals surface area contributed by atoms with Crippen LogP contribution in [0.5, 0.6) is 0 Å². The average Bonchev–Trinajstić information content (AvgIpc) is 2.45. The van der Waals surface area contributed by atoms with Crippen LogP contribution < -0.4 is 5.56 Å². The first kappa shape index (κ1) is 15.7. The van der Waals surface area contributed by atoms with E-state index in [4.69, 9.17) is 5.11 Å². The third-order valence-corrected chi connectivity index (χ3v) is 3.39. The highest BCUT2D eigenvalue weighted by Crippen LogP contribution is 2.26. The second-order valence-electron chi connectivity index (χ2n) is 4.99. The van der Waals surface area contributed by atoms with Crippen LogP contribution in [0, 0.1) is 5.82 Å². The van der Waals surface area contributed by atoms with Crippen LogP contribution in [0.4, 0.5) is 4.39 Å². The maximum Gasteiger partial charge on any atom is 0.310 e. The second-order valence-corrected chi connectivity index (χ2v) is 4.99. The molecule has 0 fully saturated rings. The van der Waals surface area contributed by atoms with Gasteiger partial charge < -0.3 is 10.1 Å². The molecule has 0 bridgehead atoms. The van der Waals surface area contributed by atoms with Gasteiger partial charge in [0.2, 0.25) is 5.56 Å². The molecule has 22 heavy (non-hydrogen) atoms. The normalized spacial score (nSPS) is 12.5.